The summed E-state index contributed by atoms with van der Waals surface area (Å²) in [5.74, 6) is 0.801. The molecule has 1 unspecified atom stereocenters. The highest BCUT2D eigenvalue weighted by atomic mass is 127. The summed E-state index contributed by atoms with van der Waals surface area (Å²) in [6.07, 6.45) is 3.55. The van der Waals surface area contributed by atoms with Crippen molar-refractivity contribution < 1.29 is 9.84 Å². The molecular weight excluding hydrogens is 471 g/mol. The van der Waals surface area contributed by atoms with Crippen molar-refractivity contribution in [3.63, 3.8) is 0 Å². The van der Waals surface area contributed by atoms with Gasteiger partial charge in [-0.1, -0.05) is 6.07 Å². The van der Waals surface area contributed by atoms with E-state index in [2.05, 4.69) is 10.6 Å². The zero-order valence-corrected chi connectivity index (χ0v) is 19.4. The highest BCUT2D eigenvalue weighted by Gasteiger charge is 2.34. The van der Waals surface area contributed by atoms with Gasteiger partial charge in [0.2, 0.25) is 0 Å². The average molecular weight is 506 g/mol. The second-order valence-corrected chi connectivity index (χ2v) is 7.26. The summed E-state index contributed by atoms with van der Waals surface area (Å²) in [4.78, 5) is 16.6. The second-order valence-electron chi connectivity index (χ2n) is 7.26. The molecule has 0 spiro atoms. The first-order chi connectivity index (χ1) is 13.1. The van der Waals surface area contributed by atoms with Crippen LogP contribution in [0, 0.1) is 12.3 Å². The third-order valence-corrected chi connectivity index (χ3v) is 5.11. The average Bonchev–Trinajstić information content (AvgIpc) is 3.10. The molecule has 1 aliphatic rings. The first kappa shape index (κ1) is 24.9. The van der Waals surface area contributed by atoms with Crippen LogP contribution in [0.4, 0.5) is 0 Å². The topological polar surface area (TPSA) is 87.9 Å². The lowest BCUT2D eigenvalue weighted by Crippen LogP contribution is -2.39. The molecule has 7 nitrogen and oxygen atoms in total. The lowest BCUT2D eigenvalue weighted by Gasteiger charge is -2.24. The van der Waals surface area contributed by atoms with Crippen LogP contribution in [-0.2, 0) is 11.3 Å². The van der Waals surface area contributed by atoms with E-state index in [4.69, 9.17) is 9.73 Å². The maximum Gasteiger partial charge on any atom is 0.250 e. The molecule has 8 heteroatoms. The smallest absolute Gasteiger partial charge is 0.250 e. The molecule has 1 saturated heterocycles. The normalized spacial score (nSPS) is 19.3. The number of hydrogen-bond acceptors (Lipinski definition) is 4. The van der Waals surface area contributed by atoms with Gasteiger partial charge in [-0.15, -0.1) is 24.0 Å². The Kier molecular flexibility index (Phi) is 11.7. The molecule has 0 aromatic carbocycles. The number of hydrogen-bond donors (Lipinski definition) is 3. The molecule has 1 aromatic rings. The fourth-order valence-electron chi connectivity index (χ4n) is 3.39. The number of nitrogens with zero attached hydrogens (tertiary/aromatic N) is 2. The fraction of sp³-hybridized carbons (Fsp3) is 0.700. The Morgan fingerprint density at radius 1 is 1.36 bits per heavy atom. The number of aliphatic imine (C=N–C) groups is 1. The van der Waals surface area contributed by atoms with E-state index in [1.54, 1.807) is 12.1 Å². The van der Waals surface area contributed by atoms with Crippen LogP contribution in [0.5, 0.6) is 0 Å². The van der Waals surface area contributed by atoms with Crippen LogP contribution < -0.4 is 16.2 Å². The van der Waals surface area contributed by atoms with Gasteiger partial charge in [-0.2, -0.15) is 0 Å². The monoisotopic (exact) mass is 506 g/mol. The maximum absolute atomic E-state index is 11.9. The van der Waals surface area contributed by atoms with Gasteiger partial charge in [-0.25, -0.2) is 0 Å². The first-order valence-corrected chi connectivity index (χ1v) is 9.97. The van der Waals surface area contributed by atoms with Crippen LogP contribution in [0.1, 0.15) is 38.3 Å². The van der Waals surface area contributed by atoms with E-state index < -0.39 is 0 Å². The fourth-order valence-corrected chi connectivity index (χ4v) is 3.39. The molecule has 1 aliphatic heterocycles. The Labute approximate surface area is 185 Å². The SMILES string of the molecule is CCNC(=NCC1(CCO)CCOC1)NCCCCn1c(C)cccc1=O.I. The van der Waals surface area contributed by atoms with E-state index in [-0.39, 0.29) is 41.6 Å². The lowest BCUT2D eigenvalue weighted by atomic mass is 9.84. The van der Waals surface area contributed by atoms with Gasteiger partial charge in [-0.3, -0.25) is 9.79 Å². The van der Waals surface area contributed by atoms with Crippen molar-refractivity contribution in [3.8, 4) is 0 Å². The minimum Gasteiger partial charge on any atom is -0.396 e. The lowest BCUT2D eigenvalue weighted by molar-refractivity contribution is 0.131. The predicted molar refractivity (Wildman–Crippen MR) is 124 cm³/mol. The van der Waals surface area contributed by atoms with Crippen molar-refractivity contribution in [1.82, 2.24) is 15.2 Å². The van der Waals surface area contributed by atoms with Crippen LogP contribution in [0.15, 0.2) is 28.0 Å². The summed E-state index contributed by atoms with van der Waals surface area (Å²) >= 11 is 0. The molecule has 1 atom stereocenters. The molecule has 0 radical (unpaired) electrons. The number of pyridine rings is 1. The van der Waals surface area contributed by atoms with Crippen molar-refractivity contribution >= 4 is 29.9 Å². The zero-order chi connectivity index (χ0) is 19.5. The third kappa shape index (κ3) is 7.71. The molecule has 2 rings (SSSR count). The van der Waals surface area contributed by atoms with Crippen molar-refractivity contribution in [3.05, 3.63) is 34.2 Å². The molecule has 0 saturated carbocycles. The van der Waals surface area contributed by atoms with E-state index in [0.717, 1.165) is 63.6 Å². The summed E-state index contributed by atoms with van der Waals surface area (Å²) < 4.78 is 7.35. The minimum absolute atomic E-state index is 0. The van der Waals surface area contributed by atoms with Crippen LogP contribution in [0.2, 0.25) is 0 Å². The Bertz CT molecular complexity index is 657. The molecule has 1 fully saturated rings. The zero-order valence-electron chi connectivity index (χ0n) is 17.1. The minimum atomic E-state index is -0.0386. The molecule has 0 amide bonds. The van der Waals surface area contributed by atoms with Gasteiger partial charge in [0.1, 0.15) is 0 Å². The summed E-state index contributed by atoms with van der Waals surface area (Å²) in [7, 11) is 0. The molecule has 28 heavy (non-hydrogen) atoms. The van der Waals surface area contributed by atoms with E-state index in [1.807, 2.05) is 24.5 Å². The molecule has 2 heterocycles. The number of halogens is 1. The van der Waals surface area contributed by atoms with Gasteiger partial charge in [0.25, 0.3) is 5.56 Å². The second kappa shape index (κ2) is 13.2. The van der Waals surface area contributed by atoms with E-state index >= 15 is 0 Å². The Balaban J connectivity index is 0.00000392. The Morgan fingerprint density at radius 3 is 2.82 bits per heavy atom. The summed E-state index contributed by atoms with van der Waals surface area (Å²) in [6.45, 7) is 8.58. The van der Waals surface area contributed by atoms with E-state index in [1.165, 1.54) is 0 Å². The van der Waals surface area contributed by atoms with Crippen molar-refractivity contribution in [1.29, 1.82) is 0 Å². The van der Waals surface area contributed by atoms with Gasteiger partial charge in [-0.05, 0) is 45.6 Å². The van der Waals surface area contributed by atoms with Crippen LogP contribution in [0.3, 0.4) is 0 Å². The summed E-state index contributed by atoms with van der Waals surface area (Å²) in [5.41, 5.74) is 1.02. The van der Waals surface area contributed by atoms with Crippen LogP contribution >= 0.6 is 24.0 Å². The first-order valence-electron chi connectivity index (χ1n) is 9.97. The predicted octanol–water partition coefficient (Wildman–Crippen LogP) is 1.90. The third-order valence-electron chi connectivity index (χ3n) is 5.11. The number of aliphatic hydroxyl groups excluding tert-OH is 1. The number of ether oxygens (including phenoxy) is 1. The Hall–Kier alpha value is -1.13. The molecular formula is C20H35IN4O3. The molecule has 0 aliphatic carbocycles. The number of aliphatic hydroxyl groups is 1. The van der Waals surface area contributed by atoms with Crippen LogP contribution in [-0.4, -0.2) is 55.1 Å². The van der Waals surface area contributed by atoms with Gasteiger partial charge >= 0.3 is 0 Å². The van der Waals surface area contributed by atoms with E-state index in [0.29, 0.717) is 13.2 Å². The number of rotatable bonds is 10. The molecule has 1 aromatic heterocycles. The number of aromatic nitrogens is 1. The quantitative estimate of drug-likeness (QED) is 0.195. The van der Waals surface area contributed by atoms with Gasteiger partial charge in [0.05, 0.1) is 13.2 Å². The van der Waals surface area contributed by atoms with Crippen LogP contribution in [0.25, 0.3) is 0 Å². The van der Waals surface area contributed by atoms with Gasteiger partial charge in [0.15, 0.2) is 5.96 Å². The molecule has 0 bridgehead atoms. The molecule has 3 N–H and O–H groups in total. The number of aryl methyl sites for hydroxylation is 1. The van der Waals surface area contributed by atoms with Crippen molar-refractivity contribution in [2.24, 2.45) is 10.4 Å². The highest BCUT2D eigenvalue weighted by Crippen LogP contribution is 2.32. The highest BCUT2D eigenvalue weighted by molar-refractivity contribution is 14.0. The van der Waals surface area contributed by atoms with E-state index in [9.17, 15) is 9.90 Å². The standard InChI is InChI=1S/C20H34N4O3.HI/c1-3-21-19(23-15-20(9-13-25)10-14-27-16-20)22-11-4-5-12-24-17(2)7-6-8-18(24)26;/h6-8,25H,3-5,9-16H2,1-2H3,(H2,21,22,23);1H. The number of guanidine groups is 1. The Morgan fingerprint density at radius 2 is 2.18 bits per heavy atom. The number of unbranched alkanes of at least 4 members (excludes halogenated alkanes) is 1. The largest absolute Gasteiger partial charge is 0.396 e. The summed E-state index contributed by atoms with van der Waals surface area (Å²) in [5, 5.41) is 16.0. The maximum atomic E-state index is 11.9. The van der Waals surface area contributed by atoms with Crippen molar-refractivity contribution in [2.75, 3.05) is 39.5 Å². The van der Waals surface area contributed by atoms with Gasteiger partial charge in [0, 0.05) is 50.0 Å². The van der Waals surface area contributed by atoms with Gasteiger partial charge < -0.3 is 25.0 Å². The summed E-state index contributed by atoms with van der Waals surface area (Å²) in [6, 6.07) is 5.37. The van der Waals surface area contributed by atoms with Crippen molar-refractivity contribution in [2.45, 2.75) is 46.1 Å². The molecule has 160 valence electrons. The number of nitrogens with one attached hydrogen (secondary N) is 2.